The second-order valence-corrected chi connectivity index (χ2v) is 9.21. The fraction of sp³-hybridized carbons (Fsp3) is 0.333. The Labute approximate surface area is 164 Å². The van der Waals surface area contributed by atoms with Gasteiger partial charge >= 0.3 is 0 Å². The van der Waals surface area contributed by atoms with Crippen molar-refractivity contribution >= 4 is 26.7 Å². The van der Waals surface area contributed by atoms with Crippen molar-refractivity contribution in [2.75, 3.05) is 24.4 Å². The van der Waals surface area contributed by atoms with Crippen LogP contribution in [-0.4, -0.2) is 39.1 Å². The lowest BCUT2D eigenvalue weighted by molar-refractivity contribution is -0.00741. The number of sulfonamides is 1. The molecule has 1 atom stereocenters. The summed E-state index contributed by atoms with van der Waals surface area (Å²) in [7, 11) is -3.67. The summed E-state index contributed by atoms with van der Waals surface area (Å²) in [6.07, 6.45) is 4.00. The van der Waals surface area contributed by atoms with Gasteiger partial charge in [0.15, 0.2) is 11.3 Å². The number of nitrogens with zero attached hydrogens (tertiary/aromatic N) is 1. The van der Waals surface area contributed by atoms with Gasteiger partial charge in [0, 0.05) is 18.0 Å². The van der Waals surface area contributed by atoms with Crippen LogP contribution in [0.1, 0.15) is 12.8 Å². The minimum Gasteiger partial charge on any atom is -0.485 e. The number of fused-ring (bicyclic) bond motifs is 4. The van der Waals surface area contributed by atoms with Crippen molar-refractivity contribution in [2.24, 2.45) is 5.92 Å². The molecule has 28 heavy (non-hydrogen) atoms. The van der Waals surface area contributed by atoms with Crippen molar-refractivity contribution in [3.8, 4) is 5.75 Å². The second kappa shape index (κ2) is 6.83. The molecule has 3 saturated heterocycles. The summed E-state index contributed by atoms with van der Waals surface area (Å²) in [6.45, 7) is 3.18. The molecule has 0 amide bonds. The van der Waals surface area contributed by atoms with E-state index in [1.165, 1.54) is 0 Å². The fourth-order valence-electron chi connectivity index (χ4n) is 4.22. The molecule has 3 aromatic rings. The number of benzene rings is 2. The van der Waals surface area contributed by atoms with Crippen molar-refractivity contribution in [1.82, 2.24) is 4.90 Å². The molecule has 3 aliphatic rings. The molecular weight excluding hydrogens is 376 g/mol. The van der Waals surface area contributed by atoms with Crippen molar-refractivity contribution < 1.29 is 17.6 Å². The van der Waals surface area contributed by atoms with Crippen LogP contribution in [0.4, 0.5) is 5.69 Å². The summed E-state index contributed by atoms with van der Waals surface area (Å²) < 4.78 is 40.0. The molecule has 0 radical (unpaired) electrons. The number of ether oxygens (including phenoxy) is 1. The van der Waals surface area contributed by atoms with E-state index in [1.807, 2.05) is 6.07 Å². The Bertz CT molecular complexity index is 1090. The van der Waals surface area contributed by atoms with E-state index >= 15 is 0 Å². The van der Waals surface area contributed by atoms with E-state index in [1.54, 1.807) is 48.7 Å². The Balaban J connectivity index is 1.46. The minimum atomic E-state index is -3.67. The van der Waals surface area contributed by atoms with Gasteiger partial charge in [-0.1, -0.05) is 18.2 Å². The van der Waals surface area contributed by atoms with Gasteiger partial charge in [-0.3, -0.25) is 9.62 Å². The van der Waals surface area contributed by atoms with E-state index in [0.717, 1.165) is 37.9 Å². The van der Waals surface area contributed by atoms with Crippen molar-refractivity contribution in [3.05, 3.63) is 54.8 Å². The average molecular weight is 398 g/mol. The molecule has 7 heteroatoms. The van der Waals surface area contributed by atoms with Crippen LogP contribution in [0.15, 0.2) is 64.1 Å². The number of hydrogen-bond donors (Lipinski definition) is 1. The van der Waals surface area contributed by atoms with Crippen LogP contribution in [0.5, 0.6) is 5.75 Å². The van der Waals surface area contributed by atoms with Gasteiger partial charge in [0.05, 0.1) is 16.8 Å². The van der Waals surface area contributed by atoms with E-state index < -0.39 is 10.0 Å². The maximum Gasteiger partial charge on any atom is 0.261 e. The SMILES string of the molecule is O=S(=O)(Nc1cc(OC2CN3CCC2CC3)c2occc2c1)c1ccccc1. The highest BCUT2D eigenvalue weighted by Crippen LogP contribution is 2.36. The smallest absolute Gasteiger partial charge is 0.261 e. The Morgan fingerprint density at radius 3 is 2.57 bits per heavy atom. The van der Waals surface area contributed by atoms with Crippen LogP contribution in [-0.2, 0) is 10.0 Å². The van der Waals surface area contributed by atoms with Crippen molar-refractivity contribution in [1.29, 1.82) is 0 Å². The zero-order chi connectivity index (χ0) is 19.1. The first-order chi connectivity index (χ1) is 13.6. The first-order valence-corrected chi connectivity index (χ1v) is 11.0. The summed E-state index contributed by atoms with van der Waals surface area (Å²) in [4.78, 5) is 2.65. The fourth-order valence-corrected chi connectivity index (χ4v) is 5.28. The van der Waals surface area contributed by atoms with Crippen molar-refractivity contribution in [2.45, 2.75) is 23.8 Å². The number of anilines is 1. The zero-order valence-corrected chi connectivity index (χ0v) is 16.2. The summed E-state index contributed by atoms with van der Waals surface area (Å²) >= 11 is 0. The second-order valence-electron chi connectivity index (χ2n) is 7.53. The molecule has 4 heterocycles. The minimum absolute atomic E-state index is 0.108. The van der Waals surface area contributed by atoms with Gasteiger partial charge in [0.1, 0.15) is 6.10 Å². The number of hydrogen-bond acceptors (Lipinski definition) is 5. The Morgan fingerprint density at radius 1 is 1.07 bits per heavy atom. The number of furan rings is 1. The van der Waals surface area contributed by atoms with Gasteiger partial charge in [0.2, 0.25) is 0 Å². The van der Waals surface area contributed by atoms with E-state index in [4.69, 9.17) is 9.15 Å². The normalized spacial score (nSPS) is 24.4. The average Bonchev–Trinajstić information content (AvgIpc) is 3.18. The van der Waals surface area contributed by atoms with Crippen LogP contribution in [0.25, 0.3) is 11.0 Å². The Kier molecular flexibility index (Phi) is 4.29. The van der Waals surface area contributed by atoms with Gasteiger partial charge in [-0.05, 0) is 56.1 Å². The number of rotatable bonds is 5. The molecule has 0 saturated carbocycles. The summed E-state index contributed by atoms with van der Waals surface area (Å²) in [5.41, 5.74) is 1.12. The number of nitrogens with one attached hydrogen (secondary N) is 1. The van der Waals surface area contributed by atoms with E-state index in [2.05, 4.69) is 9.62 Å². The molecule has 3 fully saturated rings. The third kappa shape index (κ3) is 3.25. The Morgan fingerprint density at radius 2 is 1.86 bits per heavy atom. The lowest BCUT2D eigenvalue weighted by atomic mass is 9.86. The van der Waals surface area contributed by atoms with E-state index in [-0.39, 0.29) is 11.0 Å². The molecule has 6 nitrogen and oxygen atoms in total. The van der Waals surface area contributed by atoms with Gasteiger partial charge in [-0.25, -0.2) is 8.42 Å². The molecule has 1 unspecified atom stereocenters. The first-order valence-electron chi connectivity index (χ1n) is 9.57. The third-order valence-corrected chi connectivity index (χ3v) is 7.09. The van der Waals surface area contributed by atoms with Gasteiger partial charge < -0.3 is 9.15 Å². The standard InChI is InChI=1S/C21H22N2O4S/c24-28(25,18-4-2-1-3-5-18)22-17-12-16-8-11-26-21(16)19(13-17)27-20-14-23-9-6-15(20)7-10-23/h1-5,8,11-13,15,20,22H,6-7,9-10,14H2. The molecule has 0 aliphatic carbocycles. The monoisotopic (exact) mass is 398 g/mol. The number of piperidine rings is 3. The van der Waals surface area contributed by atoms with Crippen LogP contribution in [0.2, 0.25) is 0 Å². The highest BCUT2D eigenvalue weighted by Gasteiger charge is 2.36. The van der Waals surface area contributed by atoms with E-state index in [0.29, 0.717) is 22.9 Å². The van der Waals surface area contributed by atoms with Crippen LogP contribution < -0.4 is 9.46 Å². The van der Waals surface area contributed by atoms with Gasteiger partial charge in [-0.15, -0.1) is 0 Å². The zero-order valence-electron chi connectivity index (χ0n) is 15.4. The van der Waals surface area contributed by atoms with E-state index in [9.17, 15) is 8.42 Å². The highest BCUT2D eigenvalue weighted by molar-refractivity contribution is 7.92. The lowest BCUT2D eigenvalue weighted by Gasteiger charge is -2.44. The molecule has 6 rings (SSSR count). The Hall–Kier alpha value is -2.51. The molecule has 2 bridgehead atoms. The largest absolute Gasteiger partial charge is 0.485 e. The third-order valence-electron chi connectivity index (χ3n) is 5.70. The molecule has 3 aliphatic heterocycles. The molecule has 2 aromatic carbocycles. The predicted molar refractivity (Wildman–Crippen MR) is 107 cm³/mol. The molecule has 1 aromatic heterocycles. The highest BCUT2D eigenvalue weighted by atomic mass is 32.2. The van der Waals surface area contributed by atoms with Gasteiger partial charge in [0.25, 0.3) is 10.0 Å². The maximum atomic E-state index is 12.7. The van der Waals surface area contributed by atoms with Crippen LogP contribution in [0, 0.1) is 5.92 Å². The first kappa shape index (κ1) is 17.6. The van der Waals surface area contributed by atoms with Crippen molar-refractivity contribution in [3.63, 3.8) is 0 Å². The van der Waals surface area contributed by atoms with Gasteiger partial charge in [-0.2, -0.15) is 0 Å². The molecule has 146 valence electrons. The predicted octanol–water partition coefficient (Wildman–Crippen LogP) is 3.71. The summed E-state index contributed by atoms with van der Waals surface area (Å²) in [5, 5.41) is 0.810. The topological polar surface area (TPSA) is 71.8 Å². The quantitative estimate of drug-likeness (QED) is 0.709. The summed E-state index contributed by atoms with van der Waals surface area (Å²) in [6, 6.07) is 13.7. The van der Waals surface area contributed by atoms with Crippen LogP contribution in [0.3, 0.4) is 0 Å². The molecule has 1 N–H and O–H groups in total. The summed E-state index contributed by atoms with van der Waals surface area (Å²) in [5.74, 6) is 1.13. The van der Waals surface area contributed by atoms with Crippen LogP contribution >= 0.6 is 0 Å². The maximum absolute atomic E-state index is 12.7. The molecular formula is C21H22N2O4S. The lowest BCUT2D eigenvalue weighted by Crippen LogP contribution is -2.52. The molecule has 0 spiro atoms.